The number of nitrogens with two attached hydrogens (primary N) is 1. The fourth-order valence-corrected chi connectivity index (χ4v) is 3.16. The van der Waals surface area contributed by atoms with Crippen molar-refractivity contribution >= 4 is 22.9 Å². The Hall–Kier alpha value is -2.09. The highest BCUT2D eigenvalue weighted by Crippen LogP contribution is 2.12. The van der Waals surface area contributed by atoms with Crippen molar-refractivity contribution in [2.24, 2.45) is 10.7 Å². The average Bonchev–Trinajstić information content (AvgIpc) is 2.61. The average molecular weight is 366 g/mol. The summed E-state index contributed by atoms with van der Waals surface area (Å²) in [6, 6.07) is 7.71. The number of hydrogen-bond acceptors (Lipinski definition) is 4. The number of carbonyl (C=O) groups excluding carboxylic acids is 1. The predicted molar refractivity (Wildman–Crippen MR) is 98.9 cm³/mol. The molecule has 0 bridgehead atoms. The maximum absolute atomic E-state index is 11.7. The van der Waals surface area contributed by atoms with Gasteiger partial charge in [0.15, 0.2) is 5.96 Å². The molecule has 0 aliphatic carbocycles. The van der Waals surface area contributed by atoms with Crippen molar-refractivity contribution in [2.75, 3.05) is 26.0 Å². The van der Waals surface area contributed by atoms with Gasteiger partial charge in [-0.05, 0) is 37.5 Å². The molecule has 0 aromatic heterocycles. The fourth-order valence-electron chi connectivity index (χ4n) is 2.64. The van der Waals surface area contributed by atoms with Gasteiger partial charge in [0, 0.05) is 41.1 Å². The van der Waals surface area contributed by atoms with Crippen LogP contribution in [0.1, 0.15) is 25.3 Å². The molecule has 1 aliphatic heterocycles. The number of ether oxygens (including phenoxy) is 1. The number of benzene rings is 1. The molecule has 7 nitrogen and oxygen atoms in total. The molecule has 1 fully saturated rings. The SMILES string of the molecule is CCOC(=O)N1CCC(NC(N)=NCc2ccc(S(C)=O)cc2)CC1. The lowest BCUT2D eigenvalue weighted by atomic mass is 10.1. The van der Waals surface area contributed by atoms with Crippen molar-refractivity contribution in [3.63, 3.8) is 0 Å². The van der Waals surface area contributed by atoms with Crippen molar-refractivity contribution in [2.45, 2.75) is 37.2 Å². The van der Waals surface area contributed by atoms with E-state index in [4.69, 9.17) is 10.5 Å². The van der Waals surface area contributed by atoms with E-state index in [2.05, 4.69) is 10.3 Å². The minimum absolute atomic E-state index is 0.208. The molecule has 1 amide bonds. The standard InChI is InChI=1S/C17H26N4O3S/c1-3-24-17(22)21-10-8-14(9-11-21)20-16(18)19-12-13-4-6-15(7-5-13)25(2)23/h4-7,14H,3,8-12H2,1-2H3,(H3,18,19,20). The number of guanidine groups is 1. The number of nitrogens with one attached hydrogen (secondary N) is 1. The molecule has 3 N–H and O–H groups in total. The molecule has 1 atom stereocenters. The van der Waals surface area contributed by atoms with Gasteiger partial charge >= 0.3 is 6.09 Å². The number of aliphatic imine (C=N–C) groups is 1. The maximum atomic E-state index is 11.7. The van der Waals surface area contributed by atoms with Crippen LogP contribution >= 0.6 is 0 Å². The van der Waals surface area contributed by atoms with Crippen molar-refractivity contribution in [1.82, 2.24) is 10.2 Å². The van der Waals surface area contributed by atoms with Gasteiger partial charge in [0.05, 0.1) is 13.2 Å². The van der Waals surface area contributed by atoms with Crippen LogP contribution in [-0.4, -0.2) is 53.2 Å². The number of likely N-dealkylation sites (tertiary alicyclic amines) is 1. The van der Waals surface area contributed by atoms with Crippen LogP contribution in [0.3, 0.4) is 0 Å². The Kier molecular flexibility index (Phi) is 7.24. The van der Waals surface area contributed by atoms with Crippen molar-refractivity contribution in [3.8, 4) is 0 Å². The van der Waals surface area contributed by atoms with E-state index in [1.807, 2.05) is 24.3 Å². The van der Waals surface area contributed by atoms with Crippen molar-refractivity contribution < 1.29 is 13.7 Å². The molecule has 1 unspecified atom stereocenters. The first-order chi connectivity index (χ1) is 12.0. The van der Waals surface area contributed by atoms with Crippen LogP contribution in [0, 0.1) is 0 Å². The molecule has 1 saturated heterocycles. The van der Waals surface area contributed by atoms with Crippen LogP contribution < -0.4 is 11.1 Å². The molecule has 1 aromatic rings. The summed E-state index contributed by atoms with van der Waals surface area (Å²) in [5.74, 6) is 0.401. The Bertz CT molecular complexity index is 625. The summed E-state index contributed by atoms with van der Waals surface area (Å²) >= 11 is 0. The summed E-state index contributed by atoms with van der Waals surface area (Å²) in [6.07, 6.45) is 3.03. The Labute approximate surface area is 151 Å². The topological polar surface area (TPSA) is 97.0 Å². The van der Waals surface area contributed by atoms with Gasteiger partial charge in [-0.25, -0.2) is 9.79 Å². The third kappa shape index (κ3) is 6.04. The summed E-state index contributed by atoms with van der Waals surface area (Å²) in [7, 11) is -0.973. The van der Waals surface area contributed by atoms with Crippen LogP contribution in [0.25, 0.3) is 0 Å². The lowest BCUT2D eigenvalue weighted by Crippen LogP contribution is -2.48. The summed E-state index contributed by atoms with van der Waals surface area (Å²) in [5, 5.41) is 3.21. The molecule has 8 heteroatoms. The first kappa shape index (κ1) is 19.2. The second-order valence-electron chi connectivity index (χ2n) is 5.90. The summed E-state index contributed by atoms with van der Waals surface area (Å²) in [5.41, 5.74) is 6.97. The van der Waals surface area contributed by atoms with Crippen LogP contribution in [0.4, 0.5) is 4.79 Å². The van der Waals surface area contributed by atoms with Gasteiger partial charge in [-0.15, -0.1) is 0 Å². The molecule has 1 aromatic carbocycles. The van der Waals surface area contributed by atoms with E-state index < -0.39 is 10.8 Å². The molecular formula is C17H26N4O3S. The van der Waals surface area contributed by atoms with Gasteiger partial charge in [-0.1, -0.05) is 12.1 Å². The van der Waals surface area contributed by atoms with E-state index in [1.165, 1.54) is 0 Å². The summed E-state index contributed by atoms with van der Waals surface area (Å²) in [4.78, 5) is 18.5. The van der Waals surface area contributed by atoms with Gasteiger partial charge < -0.3 is 20.7 Å². The number of carbonyl (C=O) groups is 1. The number of nitrogens with zero attached hydrogens (tertiary/aromatic N) is 2. The smallest absolute Gasteiger partial charge is 0.409 e. The zero-order chi connectivity index (χ0) is 18.2. The van der Waals surface area contributed by atoms with Gasteiger partial charge in [-0.3, -0.25) is 4.21 Å². The van der Waals surface area contributed by atoms with Gasteiger partial charge in [0.2, 0.25) is 0 Å². The second-order valence-corrected chi connectivity index (χ2v) is 7.28. The van der Waals surface area contributed by atoms with Crippen LogP contribution in [0.2, 0.25) is 0 Å². The Morgan fingerprint density at radius 2 is 2.00 bits per heavy atom. The van der Waals surface area contributed by atoms with E-state index in [9.17, 15) is 9.00 Å². The molecule has 138 valence electrons. The lowest BCUT2D eigenvalue weighted by Gasteiger charge is -2.31. The number of amides is 1. The molecule has 1 heterocycles. The van der Waals surface area contributed by atoms with E-state index in [-0.39, 0.29) is 12.1 Å². The Morgan fingerprint density at radius 1 is 1.36 bits per heavy atom. The lowest BCUT2D eigenvalue weighted by molar-refractivity contribution is 0.0963. The highest BCUT2D eigenvalue weighted by atomic mass is 32.2. The summed E-state index contributed by atoms with van der Waals surface area (Å²) in [6.45, 7) is 3.97. The van der Waals surface area contributed by atoms with E-state index in [0.29, 0.717) is 32.2 Å². The van der Waals surface area contributed by atoms with Gasteiger partial charge in [-0.2, -0.15) is 0 Å². The minimum atomic E-state index is -0.973. The summed E-state index contributed by atoms with van der Waals surface area (Å²) < 4.78 is 16.4. The Balaban J connectivity index is 1.78. The number of hydrogen-bond donors (Lipinski definition) is 2. The third-order valence-electron chi connectivity index (χ3n) is 4.06. The molecular weight excluding hydrogens is 340 g/mol. The second kappa shape index (κ2) is 9.41. The predicted octanol–water partition coefficient (Wildman–Crippen LogP) is 1.45. The molecule has 0 radical (unpaired) electrons. The Morgan fingerprint density at radius 3 is 2.56 bits per heavy atom. The fraction of sp³-hybridized carbons (Fsp3) is 0.529. The van der Waals surface area contributed by atoms with Gasteiger partial charge in [0.1, 0.15) is 0 Å². The number of rotatable bonds is 5. The van der Waals surface area contributed by atoms with Crippen molar-refractivity contribution in [3.05, 3.63) is 29.8 Å². The molecule has 25 heavy (non-hydrogen) atoms. The first-order valence-corrected chi connectivity index (χ1v) is 9.96. The molecule has 1 aliphatic rings. The highest BCUT2D eigenvalue weighted by molar-refractivity contribution is 7.84. The zero-order valence-corrected chi connectivity index (χ0v) is 15.6. The quantitative estimate of drug-likeness (QED) is 0.607. The largest absolute Gasteiger partial charge is 0.450 e. The minimum Gasteiger partial charge on any atom is -0.450 e. The normalized spacial score (nSPS) is 17.2. The van der Waals surface area contributed by atoms with Crippen LogP contribution in [0.15, 0.2) is 34.2 Å². The van der Waals surface area contributed by atoms with E-state index in [0.717, 1.165) is 23.3 Å². The zero-order valence-electron chi connectivity index (χ0n) is 14.7. The molecule has 0 spiro atoms. The van der Waals surface area contributed by atoms with Crippen LogP contribution in [0.5, 0.6) is 0 Å². The van der Waals surface area contributed by atoms with Crippen molar-refractivity contribution in [1.29, 1.82) is 0 Å². The first-order valence-electron chi connectivity index (χ1n) is 8.40. The number of piperidine rings is 1. The molecule has 0 saturated carbocycles. The monoisotopic (exact) mass is 366 g/mol. The van der Waals surface area contributed by atoms with Gasteiger partial charge in [0.25, 0.3) is 0 Å². The maximum Gasteiger partial charge on any atom is 0.409 e. The van der Waals surface area contributed by atoms with E-state index >= 15 is 0 Å². The third-order valence-corrected chi connectivity index (χ3v) is 5.00. The highest BCUT2D eigenvalue weighted by Gasteiger charge is 2.23. The van der Waals surface area contributed by atoms with Crippen LogP contribution in [-0.2, 0) is 22.1 Å². The molecule has 2 rings (SSSR count). The van der Waals surface area contributed by atoms with E-state index in [1.54, 1.807) is 18.1 Å².